The van der Waals surface area contributed by atoms with E-state index in [-0.39, 0.29) is 0 Å². The fourth-order valence-corrected chi connectivity index (χ4v) is 4.96. The molecule has 140 valence electrons. The maximum absolute atomic E-state index is 6.22. The Morgan fingerprint density at radius 1 is 1.15 bits per heavy atom. The van der Waals surface area contributed by atoms with Crippen LogP contribution < -0.4 is 0 Å². The number of aromatic nitrogens is 4. The molecule has 3 aliphatic rings. The number of likely N-dealkylation sites (tertiary alicyclic amines) is 1. The number of para-hydroxylation sites is 1. The monoisotopic (exact) mass is 363 g/mol. The van der Waals surface area contributed by atoms with Gasteiger partial charge in [0.15, 0.2) is 0 Å². The molecule has 3 aromatic rings. The summed E-state index contributed by atoms with van der Waals surface area (Å²) >= 11 is 0. The van der Waals surface area contributed by atoms with Crippen molar-refractivity contribution in [3.63, 3.8) is 0 Å². The van der Waals surface area contributed by atoms with Crippen molar-refractivity contribution in [3.05, 3.63) is 41.7 Å². The number of nitrogens with one attached hydrogen (secondary N) is 1. The molecule has 0 spiro atoms. The van der Waals surface area contributed by atoms with Crippen molar-refractivity contribution in [2.75, 3.05) is 19.6 Å². The maximum Gasteiger partial charge on any atom is 0.228 e. The summed E-state index contributed by atoms with van der Waals surface area (Å²) in [7, 11) is 0. The summed E-state index contributed by atoms with van der Waals surface area (Å²) in [5.74, 6) is 4.38. The van der Waals surface area contributed by atoms with Crippen molar-refractivity contribution in [1.82, 2.24) is 25.3 Å². The minimum Gasteiger partial charge on any atom is -0.424 e. The summed E-state index contributed by atoms with van der Waals surface area (Å²) in [6, 6.07) is 8.15. The number of H-pyrrole nitrogens is 1. The van der Waals surface area contributed by atoms with Crippen LogP contribution in [0.5, 0.6) is 0 Å². The second kappa shape index (κ2) is 5.41. The molecule has 0 bridgehead atoms. The van der Waals surface area contributed by atoms with Crippen molar-refractivity contribution >= 4 is 10.9 Å². The lowest BCUT2D eigenvalue weighted by atomic mass is 9.87. The van der Waals surface area contributed by atoms with Crippen LogP contribution in [0.2, 0.25) is 0 Å². The predicted octanol–water partition coefficient (Wildman–Crippen LogP) is 3.33. The van der Waals surface area contributed by atoms with Gasteiger partial charge < -0.3 is 9.32 Å². The van der Waals surface area contributed by atoms with E-state index in [0.717, 1.165) is 28.4 Å². The number of hydrogen-bond donors (Lipinski definition) is 1. The Labute approximate surface area is 158 Å². The molecule has 0 amide bonds. The van der Waals surface area contributed by atoms with Crippen LogP contribution in [-0.2, 0) is 5.41 Å². The van der Waals surface area contributed by atoms with E-state index < -0.39 is 5.41 Å². The molecular weight excluding hydrogens is 338 g/mol. The highest BCUT2D eigenvalue weighted by Crippen LogP contribution is 2.58. The van der Waals surface area contributed by atoms with Crippen LogP contribution in [0.25, 0.3) is 10.9 Å². The average molecular weight is 363 g/mol. The molecule has 1 saturated heterocycles. The number of rotatable bonds is 5. The second-order valence-corrected chi connectivity index (χ2v) is 9.20. The zero-order valence-electron chi connectivity index (χ0n) is 15.9. The molecule has 2 unspecified atom stereocenters. The molecule has 3 heterocycles. The zero-order valence-corrected chi connectivity index (χ0v) is 15.9. The molecule has 2 aliphatic carbocycles. The lowest BCUT2D eigenvalue weighted by Gasteiger charge is -2.19. The molecule has 1 aromatic carbocycles. The van der Waals surface area contributed by atoms with Gasteiger partial charge in [0.25, 0.3) is 0 Å². The molecular formula is C21H25N5O. The Morgan fingerprint density at radius 2 is 1.93 bits per heavy atom. The van der Waals surface area contributed by atoms with E-state index in [1.54, 1.807) is 0 Å². The van der Waals surface area contributed by atoms with Gasteiger partial charge in [-0.2, -0.15) is 5.10 Å². The second-order valence-electron chi connectivity index (χ2n) is 9.20. The number of hydrogen-bond acceptors (Lipinski definition) is 5. The highest BCUT2D eigenvalue weighted by atomic mass is 16.4. The fourth-order valence-electron chi connectivity index (χ4n) is 4.96. The van der Waals surface area contributed by atoms with Crippen LogP contribution in [0.4, 0.5) is 0 Å². The predicted molar refractivity (Wildman–Crippen MR) is 101 cm³/mol. The van der Waals surface area contributed by atoms with E-state index in [9.17, 15) is 0 Å². The third kappa shape index (κ3) is 2.46. The summed E-state index contributed by atoms with van der Waals surface area (Å²) in [6.45, 7) is 7.95. The van der Waals surface area contributed by atoms with E-state index in [2.05, 4.69) is 45.2 Å². The van der Waals surface area contributed by atoms with Gasteiger partial charge in [0, 0.05) is 30.9 Å². The molecule has 6 rings (SSSR count). The standard InChI is InChI=1S/C21H25N5O/c1-21(2,18-13-5-3-4-6-16(13)22-23-18)20-25-24-19(27-20)17-14-10-26(11-15(14)17)9-12-7-8-12/h3-6,12,14-15,17H,7-11H2,1-2H3,(H,22,23). The summed E-state index contributed by atoms with van der Waals surface area (Å²) in [5.41, 5.74) is 1.59. The molecule has 3 fully saturated rings. The van der Waals surface area contributed by atoms with Crippen LogP contribution in [0.1, 0.15) is 50.1 Å². The molecule has 1 aliphatic heterocycles. The highest BCUT2D eigenvalue weighted by molar-refractivity contribution is 5.82. The zero-order chi connectivity index (χ0) is 18.2. The Kier molecular flexibility index (Phi) is 3.17. The van der Waals surface area contributed by atoms with Crippen LogP contribution >= 0.6 is 0 Å². The van der Waals surface area contributed by atoms with Crippen LogP contribution in [0.15, 0.2) is 28.7 Å². The normalized spacial score (nSPS) is 28.0. The summed E-state index contributed by atoms with van der Waals surface area (Å²) < 4.78 is 6.22. The third-order valence-electron chi connectivity index (χ3n) is 6.83. The van der Waals surface area contributed by atoms with Gasteiger partial charge in [0.2, 0.25) is 11.8 Å². The van der Waals surface area contributed by atoms with E-state index in [1.807, 2.05) is 18.2 Å². The van der Waals surface area contributed by atoms with Gasteiger partial charge in [-0.25, -0.2) is 0 Å². The quantitative estimate of drug-likeness (QED) is 0.753. The van der Waals surface area contributed by atoms with Gasteiger partial charge in [-0.3, -0.25) is 5.10 Å². The van der Waals surface area contributed by atoms with Crippen molar-refractivity contribution < 1.29 is 4.42 Å². The maximum atomic E-state index is 6.22. The number of nitrogens with zero attached hydrogens (tertiary/aromatic N) is 4. The highest BCUT2D eigenvalue weighted by Gasteiger charge is 2.59. The minimum atomic E-state index is -0.399. The Balaban J connectivity index is 1.22. The SMILES string of the molecule is CC(C)(c1nnc(C2C3CN(CC4CC4)CC32)o1)c1[nH]nc2ccccc12. The Bertz CT molecular complexity index is 989. The number of benzene rings is 1. The van der Waals surface area contributed by atoms with Gasteiger partial charge in [-0.1, -0.05) is 18.2 Å². The van der Waals surface area contributed by atoms with Crippen LogP contribution in [0, 0.1) is 17.8 Å². The number of aromatic amines is 1. The van der Waals surface area contributed by atoms with Gasteiger partial charge in [0.1, 0.15) is 0 Å². The molecule has 6 nitrogen and oxygen atoms in total. The smallest absolute Gasteiger partial charge is 0.228 e. The molecule has 2 aromatic heterocycles. The largest absolute Gasteiger partial charge is 0.424 e. The summed E-state index contributed by atoms with van der Waals surface area (Å²) in [6.07, 6.45) is 2.86. The molecule has 1 N–H and O–H groups in total. The topological polar surface area (TPSA) is 70.8 Å². The van der Waals surface area contributed by atoms with Crippen molar-refractivity contribution in [1.29, 1.82) is 0 Å². The van der Waals surface area contributed by atoms with Crippen LogP contribution in [0.3, 0.4) is 0 Å². The number of fused-ring (bicyclic) bond motifs is 2. The first-order valence-electron chi connectivity index (χ1n) is 10.1. The fraction of sp³-hybridized carbons (Fsp3) is 0.571. The first kappa shape index (κ1) is 15.8. The lowest BCUT2D eigenvalue weighted by molar-refractivity contribution is 0.276. The van der Waals surface area contributed by atoms with Crippen molar-refractivity contribution in [2.24, 2.45) is 17.8 Å². The van der Waals surface area contributed by atoms with Crippen molar-refractivity contribution in [2.45, 2.75) is 38.0 Å². The molecule has 2 saturated carbocycles. The lowest BCUT2D eigenvalue weighted by Crippen LogP contribution is -2.26. The first-order chi connectivity index (χ1) is 13.1. The van der Waals surface area contributed by atoms with E-state index >= 15 is 0 Å². The average Bonchev–Trinajstić information content (AvgIpc) is 3.36. The van der Waals surface area contributed by atoms with Crippen LogP contribution in [-0.4, -0.2) is 44.9 Å². The molecule has 2 atom stereocenters. The Morgan fingerprint density at radius 3 is 2.70 bits per heavy atom. The van der Waals surface area contributed by atoms with Gasteiger partial charge in [0.05, 0.1) is 16.6 Å². The minimum absolute atomic E-state index is 0.399. The van der Waals surface area contributed by atoms with Gasteiger partial charge in [-0.15, -0.1) is 10.2 Å². The molecule has 6 heteroatoms. The first-order valence-corrected chi connectivity index (χ1v) is 10.1. The van der Waals surface area contributed by atoms with E-state index in [0.29, 0.717) is 23.6 Å². The molecule has 27 heavy (non-hydrogen) atoms. The van der Waals surface area contributed by atoms with Gasteiger partial charge >= 0.3 is 0 Å². The summed E-state index contributed by atoms with van der Waals surface area (Å²) in [4.78, 5) is 2.64. The van der Waals surface area contributed by atoms with Gasteiger partial charge in [-0.05, 0) is 50.5 Å². The summed E-state index contributed by atoms with van der Waals surface area (Å²) in [5, 5.41) is 17.6. The van der Waals surface area contributed by atoms with E-state index in [4.69, 9.17) is 4.42 Å². The molecule has 0 radical (unpaired) electrons. The van der Waals surface area contributed by atoms with E-state index in [1.165, 1.54) is 32.5 Å². The van der Waals surface area contributed by atoms with Crippen molar-refractivity contribution in [3.8, 4) is 0 Å². The Hall–Kier alpha value is -2.21. The third-order valence-corrected chi connectivity index (χ3v) is 6.83. The number of piperidine rings is 1.